The molecule has 0 saturated carbocycles. The van der Waals surface area contributed by atoms with Crippen molar-refractivity contribution in [1.29, 1.82) is 0 Å². The molecule has 1 amide bonds. The molecule has 0 fully saturated rings. The number of ether oxygens (including phenoxy) is 2. The maximum Gasteiger partial charge on any atom is 0.332 e. The Morgan fingerprint density at radius 2 is 1.93 bits per heavy atom. The number of esters is 1. The molecule has 2 aromatic carbocycles. The number of hydrogen-bond acceptors (Lipinski definition) is 6. The van der Waals surface area contributed by atoms with Crippen molar-refractivity contribution < 1.29 is 19.1 Å². The number of fused-ring (bicyclic) bond motifs is 1. The monoisotopic (exact) mass is 398 g/mol. The number of amides is 1. The van der Waals surface area contributed by atoms with Crippen molar-refractivity contribution in [2.24, 2.45) is 0 Å². The van der Waals surface area contributed by atoms with Crippen LogP contribution in [0.3, 0.4) is 0 Å². The van der Waals surface area contributed by atoms with Gasteiger partial charge in [0.05, 0.1) is 10.2 Å². The number of anilines is 1. The smallest absolute Gasteiger partial charge is 0.332 e. The van der Waals surface area contributed by atoms with E-state index >= 15 is 0 Å². The summed E-state index contributed by atoms with van der Waals surface area (Å²) in [7, 11) is 0. The number of nitrogens with one attached hydrogen (secondary N) is 1. The molecule has 6 nitrogen and oxygen atoms in total. The number of nitrogens with zero attached hydrogens (tertiary/aromatic N) is 1. The molecule has 0 aliphatic carbocycles. The Labute approximate surface area is 167 Å². The van der Waals surface area contributed by atoms with E-state index in [1.54, 1.807) is 30.4 Å². The third kappa shape index (κ3) is 4.94. The molecule has 0 spiro atoms. The van der Waals surface area contributed by atoms with E-state index in [1.807, 2.05) is 24.3 Å². The lowest BCUT2D eigenvalue weighted by Gasteiger charge is -2.13. The van der Waals surface area contributed by atoms with Crippen LogP contribution in [0.25, 0.3) is 20.8 Å². The molecule has 1 atom stereocenters. The molecule has 1 aromatic heterocycles. The van der Waals surface area contributed by atoms with Crippen LogP contribution in [-0.4, -0.2) is 36.2 Å². The predicted molar refractivity (Wildman–Crippen MR) is 110 cm³/mol. The van der Waals surface area contributed by atoms with Gasteiger partial charge in [0, 0.05) is 17.9 Å². The molecule has 28 heavy (non-hydrogen) atoms. The van der Waals surface area contributed by atoms with E-state index < -0.39 is 18.0 Å². The molecule has 0 saturated heterocycles. The van der Waals surface area contributed by atoms with Gasteiger partial charge >= 0.3 is 5.97 Å². The molecule has 0 unspecified atom stereocenters. The summed E-state index contributed by atoms with van der Waals surface area (Å²) in [4.78, 5) is 28.4. The summed E-state index contributed by atoms with van der Waals surface area (Å²) in [6, 6.07) is 13.6. The van der Waals surface area contributed by atoms with Crippen LogP contribution in [0.2, 0.25) is 0 Å². The first-order valence-electron chi connectivity index (χ1n) is 9.02. The topological polar surface area (TPSA) is 77.5 Å². The van der Waals surface area contributed by atoms with Gasteiger partial charge in [-0.15, -0.1) is 11.3 Å². The Morgan fingerprint density at radius 3 is 2.64 bits per heavy atom. The van der Waals surface area contributed by atoms with Crippen LogP contribution < -0.4 is 5.32 Å². The fraction of sp³-hybridized carbons (Fsp3) is 0.286. The number of benzene rings is 2. The highest BCUT2D eigenvalue weighted by Crippen LogP contribution is 2.31. The Morgan fingerprint density at radius 1 is 1.18 bits per heavy atom. The summed E-state index contributed by atoms with van der Waals surface area (Å²) < 4.78 is 11.2. The van der Waals surface area contributed by atoms with E-state index in [1.165, 1.54) is 12.5 Å². The van der Waals surface area contributed by atoms with Crippen LogP contribution in [0.1, 0.15) is 19.4 Å². The number of rotatable bonds is 7. The molecule has 0 aliphatic heterocycles. The standard InChI is InChI=1S/C21H22N2O4S/c1-4-26-12-19(24)27-14(3)20(25)22-16-8-6-15(7-9-16)21-23-17-10-5-13(2)11-18(17)28-21/h5-11,14H,4,12H2,1-3H3,(H,22,25)/t14-/m0/s1. The zero-order valence-corrected chi connectivity index (χ0v) is 16.8. The Bertz CT molecular complexity index is 982. The number of carbonyl (C=O) groups excluding carboxylic acids is 2. The lowest BCUT2D eigenvalue weighted by atomic mass is 10.2. The first kappa shape index (κ1) is 20.0. The molecule has 146 valence electrons. The van der Waals surface area contributed by atoms with E-state index in [0.717, 1.165) is 20.8 Å². The van der Waals surface area contributed by atoms with Gasteiger partial charge in [-0.3, -0.25) is 4.79 Å². The zero-order valence-electron chi connectivity index (χ0n) is 16.0. The van der Waals surface area contributed by atoms with Crippen LogP contribution in [0.15, 0.2) is 42.5 Å². The van der Waals surface area contributed by atoms with Gasteiger partial charge in [0.2, 0.25) is 0 Å². The number of hydrogen-bond donors (Lipinski definition) is 1. The summed E-state index contributed by atoms with van der Waals surface area (Å²) in [6.07, 6.45) is -0.903. The maximum atomic E-state index is 12.2. The largest absolute Gasteiger partial charge is 0.451 e. The number of thiazole rings is 1. The van der Waals surface area contributed by atoms with Crippen molar-refractivity contribution in [2.45, 2.75) is 26.9 Å². The Kier molecular flexibility index (Phi) is 6.38. The van der Waals surface area contributed by atoms with Gasteiger partial charge in [0.1, 0.15) is 11.6 Å². The van der Waals surface area contributed by atoms with E-state index in [0.29, 0.717) is 12.3 Å². The summed E-state index contributed by atoms with van der Waals surface area (Å²) in [5, 5.41) is 3.67. The summed E-state index contributed by atoms with van der Waals surface area (Å²) >= 11 is 1.63. The lowest BCUT2D eigenvalue weighted by molar-refractivity contribution is -0.157. The minimum atomic E-state index is -0.903. The molecule has 1 heterocycles. The predicted octanol–water partition coefficient (Wildman–Crippen LogP) is 4.18. The normalized spacial score (nSPS) is 12.0. The zero-order chi connectivity index (χ0) is 20.1. The van der Waals surface area contributed by atoms with E-state index in [-0.39, 0.29) is 6.61 Å². The van der Waals surface area contributed by atoms with Crippen LogP contribution in [-0.2, 0) is 19.1 Å². The van der Waals surface area contributed by atoms with E-state index in [4.69, 9.17) is 9.47 Å². The van der Waals surface area contributed by atoms with Crippen molar-refractivity contribution in [3.05, 3.63) is 48.0 Å². The van der Waals surface area contributed by atoms with Crippen molar-refractivity contribution in [1.82, 2.24) is 4.98 Å². The van der Waals surface area contributed by atoms with Crippen molar-refractivity contribution in [2.75, 3.05) is 18.5 Å². The quantitative estimate of drug-likeness (QED) is 0.604. The number of aromatic nitrogens is 1. The fourth-order valence-electron chi connectivity index (χ4n) is 2.57. The fourth-order valence-corrected chi connectivity index (χ4v) is 3.63. The van der Waals surface area contributed by atoms with Crippen LogP contribution in [0.4, 0.5) is 5.69 Å². The van der Waals surface area contributed by atoms with Crippen LogP contribution in [0.5, 0.6) is 0 Å². The average Bonchev–Trinajstić information content (AvgIpc) is 3.10. The summed E-state index contributed by atoms with van der Waals surface area (Å²) in [5.41, 5.74) is 3.79. The second-order valence-corrected chi connectivity index (χ2v) is 7.36. The molecular formula is C21H22N2O4S. The third-order valence-electron chi connectivity index (χ3n) is 4.04. The van der Waals surface area contributed by atoms with E-state index in [2.05, 4.69) is 23.3 Å². The Hall–Kier alpha value is -2.77. The van der Waals surface area contributed by atoms with Gasteiger partial charge in [0.15, 0.2) is 6.10 Å². The molecule has 0 bridgehead atoms. The van der Waals surface area contributed by atoms with E-state index in [9.17, 15) is 9.59 Å². The van der Waals surface area contributed by atoms with Gasteiger partial charge in [-0.05, 0) is 62.7 Å². The molecule has 0 radical (unpaired) electrons. The molecule has 7 heteroatoms. The van der Waals surface area contributed by atoms with Gasteiger partial charge in [-0.25, -0.2) is 9.78 Å². The minimum Gasteiger partial charge on any atom is -0.451 e. The van der Waals surface area contributed by atoms with Crippen LogP contribution in [0, 0.1) is 6.92 Å². The molecule has 3 rings (SSSR count). The van der Waals surface area contributed by atoms with Gasteiger partial charge < -0.3 is 14.8 Å². The molecular weight excluding hydrogens is 376 g/mol. The molecule has 3 aromatic rings. The summed E-state index contributed by atoms with van der Waals surface area (Å²) in [6.45, 7) is 5.62. The first-order valence-corrected chi connectivity index (χ1v) is 9.83. The first-order chi connectivity index (χ1) is 13.5. The number of aryl methyl sites for hydroxylation is 1. The van der Waals surface area contributed by atoms with Gasteiger partial charge in [0.25, 0.3) is 5.91 Å². The number of carbonyl (C=O) groups is 2. The highest BCUT2D eigenvalue weighted by atomic mass is 32.1. The van der Waals surface area contributed by atoms with Gasteiger partial charge in [-0.2, -0.15) is 0 Å². The van der Waals surface area contributed by atoms with Crippen molar-refractivity contribution >= 4 is 39.1 Å². The lowest BCUT2D eigenvalue weighted by Crippen LogP contribution is -2.31. The SMILES string of the molecule is CCOCC(=O)O[C@@H](C)C(=O)Nc1ccc(-c2nc3ccc(C)cc3s2)cc1. The average molecular weight is 398 g/mol. The summed E-state index contributed by atoms with van der Waals surface area (Å²) in [5.74, 6) is -0.959. The van der Waals surface area contributed by atoms with Gasteiger partial charge in [-0.1, -0.05) is 6.07 Å². The molecule has 0 aliphatic rings. The highest BCUT2D eigenvalue weighted by molar-refractivity contribution is 7.21. The van der Waals surface area contributed by atoms with Crippen LogP contribution >= 0.6 is 11.3 Å². The minimum absolute atomic E-state index is 0.162. The third-order valence-corrected chi connectivity index (χ3v) is 5.11. The highest BCUT2D eigenvalue weighted by Gasteiger charge is 2.18. The molecule has 1 N–H and O–H groups in total. The van der Waals surface area contributed by atoms with Crippen molar-refractivity contribution in [3.63, 3.8) is 0 Å². The second-order valence-electron chi connectivity index (χ2n) is 6.33. The van der Waals surface area contributed by atoms with Crippen molar-refractivity contribution in [3.8, 4) is 10.6 Å². The second kappa shape index (κ2) is 8.95. The maximum absolute atomic E-state index is 12.2. The Balaban J connectivity index is 1.63.